The Kier molecular flexibility index (Phi) is 5.52. The van der Waals surface area contributed by atoms with E-state index in [1.165, 1.54) is 11.0 Å². The van der Waals surface area contributed by atoms with Crippen molar-refractivity contribution in [2.75, 3.05) is 0 Å². The van der Waals surface area contributed by atoms with Crippen LogP contribution in [0.2, 0.25) is 0 Å². The summed E-state index contributed by atoms with van der Waals surface area (Å²) in [6.45, 7) is 0.266. The molecule has 1 aliphatic heterocycles. The number of benzene rings is 2. The Morgan fingerprint density at radius 1 is 1.00 bits per heavy atom. The molecule has 0 aliphatic carbocycles. The molecule has 0 spiro atoms. The van der Waals surface area contributed by atoms with Crippen LogP contribution in [0.15, 0.2) is 103 Å². The standard InChI is InChI=1S/C25H20N2O3/c28-21(14-13-18-8-3-1-4-9-18)22-23(20-12-7-15-26-16-20)27(25(30)24(22)29)17-19-10-5-2-6-11-19/h1-16,23,29H,17H2/b14-13+. The van der Waals surface area contributed by atoms with Gasteiger partial charge in [-0.1, -0.05) is 72.8 Å². The monoisotopic (exact) mass is 396 g/mol. The second-order valence-corrected chi connectivity index (χ2v) is 6.98. The van der Waals surface area contributed by atoms with Crippen LogP contribution in [0.1, 0.15) is 22.7 Å². The number of carbonyl (C=O) groups is 2. The van der Waals surface area contributed by atoms with Gasteiger partial charge in [-0.15, -0.1) is 0 Å². The zero-order valence-electron chi connectivity index (χ0n) is 16.2. The molecule has 0 saturated carbocycles. The Morgan fingerprint density at radius 3 is 2.37 bits per heavy atom. The van der Waals surface area contributed by atoms with Crippen molar-refractivity contribution in [2.45, 2.75) is 12.6 Å². The Hall–Kier alpha value is -3.99. The molecule has 0 fully saturated rings. The zero-order chi connectivity index (χ0) is 20.9. The first-order valence-corrected chi connectivity index (χ1v) is 9.60. The Morgan fingerprint density at radius 2 is 1.70 bits per heavy atom. The number of hydrogen-bond acceptors (Lipinski definition) is 4. The fourth-order valence-electron chi connectivity index (χ4n) is 3.56. The second kappa shape index (κ2) is 8.57. The third kappa shape index (κ3) is 3.91. The summed E-state index contributed by atoms with van der Waals surface area (Å²) in [6, 6.07) is 21.7. The molecule has 0 saturated heterocycles. The van der Waals surface area contributed by atoms with E-state index >= 15 is 0 Å². The molecule has 3 aromatic rings. The number of amides is 1. The fraction of sp³-hybridized carbons (Fsp3) is 0.0800. The van der Waals surface area contributed by atoms with E-state index < -0.39 is 23.5 Å². The zero-order valence-corrected chi connectivity index (χ0v) is 16.2. The van der Waals surface area contributed by atoms with E-state index in [0.29, 0.717) is 5.56 Å². The van der Waals surface area contributed by atoms with E-state index in [1.807, 2.05) is 60.7 Å². The first kappa shape index (κ1) is 19.3. The van der Waals surface area contributed by atoms with Gasteiger partial charge in [-0.2, -0.15) is 0 Å². The topological polar surface area (TPSA) is 70.5 Å². The van der Waals surface area contributed by atoms with Crippen molar-refractivity contribution >= 4 is 17.8 Å². The number of nitrogens with zero attached hydrogens (tertiary/aromatic N) is 2. The SMILES string of the molecule is O=C(/C=C/c1ccccc1)C1=C(O)C(=O)N(Cc2ccccc2)C1c1cccnc1. The molecule has 1 unspecified atom stereocenters. The Balaban J connectivity index is 1.70. The van der Waals surface area contributed by atoms with Crippen molar-refractivity contribution < 1.29 is 14.7 Å². The van der Waals surface area contributed by atoms with E-state index in [4.69, 9.17) is 0 Å². The molecule has 2 heterocycles. The van der Waals surface area contributed by atoms with Crippen LogP contribution in [0.4, 0.5) is 0 Å². The van der Waals surface area contributed by atoms with Gasteiger partial charge in [0, 0.05) is 18.9 Å². The Bertz CT molecular complexity index is 1110. The summed E-state index contributed by atoms with van der Waals surface area (Å²) in [6.07, 6.45) is 6.31. The smallest absolute Gasteiger partial charge is 0.290 e. The lowest BCUT2D eigenvalue weighted by molar-refractivity contribution is -0.130. The predicted octanol–water partition coefficient (Wildman–Crippen LogP) is 4.26. The average molecular weight is 396 g/mol. The maximum absolute atomic E-state index is 13.1. The van der Waals surface area contributed by atoms with E-state index in [-0.39, 0.29) is 12.1 Å². The number of pyridine rings is 1. The van der Waals surface area contributed by atoms with Gasteiger partial charge in [-0.05, 0) is 28.8 Å². The van der Waals surface area contributed by atoms with Crippen LogP contribution in [-0.2, 0) is 16.1 Å². The van der Waals surface area contributed by atoms with Crippen LogP contribution in [-0.4, -0.2) is 26.7 Å². The molecule has 0 bridgehead atoms. The van der Waals surface area contributed by atoms with Crippen LogP contribution < -0.4 is 0 Å². The van der Waals surface area contributed by atoms with Crippen LogP contribution in [0.3, 0.4) is 0 Å². The molecule has 5 nitrogen and oxygen atoms in total. The van der Waals surface area contributed by atoms with Gasteiger partial charge >= 0.3 is 0 Å². The lowest BCUT2D eigenvalue weighted by Gasteiger charge is -2.26. The van der Waals surface area contributed by atoms with Crippen LogP contribution >= 0.6 is 0 Å². The van der Waals surface area contributed by atoms with E-state index in [0.717, 1.165) is 11.1 Å². The van der Waals surface area contributed by atoms with Crippen molar-refractivity contribution in [3.63, 3.8) is 0 Å². The summed E-state index contributed by atoms with van der Waals surface area (Å²) in [4.78, 5) is 31.6. The lowest BCUT2D eigenvalue weighted by atomic mass is 9.96. The molecule has 1 aromatic heterocycles. The summed E-state index contributed by atoms with van der Waals surface area (Å²) in [5.74, 6) is -1.49. The molecule has 1 atom stereocenters. The van der Waals surface area contributed by atoms with Crippen molar-refractivity contribution in [1.82, 2.24) is 9.88 Å². The van der Waals surface area contributed by atoms with Gasteiger partial charge in [0.05, 0.1) is 11.6 Å². The van der Waals surface area contributed by atoms with Gasteiger partial charge in [-0.3, -0.25) is 14.6 Å². The Labute approximate surface area is 174 Å². The third-order valence-corrected chi connectivity index (χ3v) is 4.99. The first-order valence-electron chi connectivity index (χ1n) is 9.60. The molecule has 148 valence electrons. The molecular formula is C25H20N2O3. The summed E-state index contributed by atoms with van der Waals surface area (Å²) in [5, 5.41) is 10.6. The number of allylic oxidation sites excluding steroid dienone is 1. The number of aliphatic hydroxyl groups excluding tert-OH is 1. The number of aromatic nitrogens is 1. The summed E-state index contributed by atoms with van der Waals surface area (Å²) >= 11 is 0. The van der Waals surface area contributed by atoms with E-state index in [1.54, 1.807) is 30.6 Å². The number of carbonyl (C=O) groups excluding carboxylic acids is 2. The van der Waals surface area contributed by atoms with Gasteiger partial charge in [0.15, 0.2) is 11.5 Å². The minimum Gasteiger partial charge on any atom is -0.503 e. The highest BCUT2D eigenvalue weighted by molar-refractivity contribution is 6.14. The molecule has 1 aliphatic rings. The number of ketones is 1. The third-order valence-electron chi connectivity index (χ3n) is 4.99. The molecule has 1 amide bonds. The molecule has 0 radical (unpaired) electrons. The number of hydrogen-bond donors (Lipinski definition) is 1. The first-order chi connectivity index (χ1) is 14.6. The van der Waals surface area contributed by atoms with Crippen molar-refractivity contribution in [2.24, 2.45) is 0 Å². The number of rotatable bonds is 6. The van der Waals surface area contributed by atoms with E-state index in [2.05, 4.69) is 4.98 Å². The van der Waals surface area contributed by atoms with Crippen molar-refractivity contribution in [1.29, 1.82) is 0 Å². The summed E-state index contributed by atoms with van der Waals surface area (Å²) in [5.41, 5.74) is 2.49. The lowest BCUT2D eigenvalue weighted by Crippen LogP contribution is -2.30. The minimum absolute atomic E-state index is 0.0658. The van der Waals surface area contributed by atoms with Crippen molar-refractivity contribution in [3.8, 4) is 0 Å². The molecule has 1 N–H and O–H groups in total. The van der Waals surface area contributed by atoms with Crippen LogP contribution in [0.25, 0.3) is 6.08 Å². The van der Waals surface area contributed by atoms with Crippen LogP contribution in [0.5, 0.6) is 0 Å². The average Bonchev–Trinajstić information content (AvgIpc) is 3.04. The maximum atomic E-state index is 13.1. The second-order valence-electron chi connectivity index (χ2n) is 6.98. The van der Waals surface area contributed by atoms with Crippen molar-refractivity contribution in [3.05, 3.63) is 119 Å². The fourth-order valence-corrected chi connectivity index (χ4v) is 3.56. The highest BCUT2D eigenvalue weighted by Gasteiger charge is 2.42. The molecule has 30 heavy (non-hydrogen) atoms. The van der Waals surface area contributed by atoms with Gasteiger partial charge in [0.2, 0.25) is 0 Å². The molecular weight excluding hydrogens is 376 g/mol. The van der Waals surface area contributed by atoms with Crippen LogP contribution in [0, 0.1) is 0 Å². The van der Waals surface area contributed by atoms with Gasteiger partial charge < -0.3 is 10.0 Å². The number of aliphatic hydroxyl groups is 1. The highest BCUT2D eigenvalue weighted by Crippen LogP contribution is 2.38. The predicted molar refractivity (Wildman–Crippen MR) is 114 cm³/mol. The molecule has 4 rings (SSSR count). The van der Waals surface area contributed by atoms with Gasteiger partial charge in [-0.25, -0.2) is 0 Å². The summed E-state index contributed by atoms with van der Waals surface area (Å²) in [7, 11) is 0. The van der Waals surface area contributed by atoms with E-state index in [9.17, 15) is 14.7 Å². The normalized spacial score (nSPS) is 16.5. The molecule has 2 aromatic carbocycles. The van der Waals surface area contributed by atoms with Gasteiger partial charge in [0.1, 0.15) is 0 Å². The maximum Gasteiger partial charge on any atom is 0.290 e. The molecule has 5 heteroatoms. The summed E-state index contributed by atoms with van der Waals surface area (Å²) < 4.78 is 0. The highest BCUT2D eigenvalue weighted by atomic mass is 16.3. The van der Waals surface area contributed by atoms with Gasteiger partial charge in [0.25, 0.3) is 5.91 Å². The minimum atomic E-state index is -0.709. The quantitative estimate of drug-likeness (QED) is 0.632. The largest absolute Gasteiger partial charge is 0.503 e.